The van der Waals surface area contributed by atoms with Gasteiger partial charge in [-0.1, -0.05) is 11.6 Å². The molecule has 11 heteroatoms. The number of halogens is 1. The van der Waals surface area contributed by atoms with Gasteiger partial charge in [-0.2, -0.15) is 0 Å². The SMILES string of the molecule is Cc1c(CC(=O)N2CCN(c3ccc(S(=O)(=O)Nc4ccncn4)cc3)CC2)sc2ccc(Cl)cc12.[HH]. The lowest BCUT2D eigenvalue weighted by molar-refractivity contribution is -0.130. The van der Waals surface area contributed by atoms with Crippen molar-refractivity contribution in [2.45, 2.75) is 18.2 Å². The standard InChI is InChI=1S/C25H24ClN5O3S2.H2/c1-17-21-14-18(26)2-7-22(21)35-23(17)15-25(32)31-12-10-30(11-13-31)19-3-5-20(6-4-19)36(33,34)29-24-8-9-27-16-28-24;/h2-9,14,16H,10-13,15H2,1H3,(H,27,28,29);1H. The molecule has 1 amide bonds. The van der Waals surface area contributed by atoms with E-state index in [0.717, 1.165) is 26.2 Å². The quantitative estimate of drug-likeness (QED) is 0.382. The Hall–Kier alpha value is -3.21. The minimum Gasteiger partial charge on any atom is -0.368 e. The topological polar surface area (TPSA) is 95.5 Å². The first-order chi connectivity index (χ1) is 17.3. The van der Waals surface area contributed by atoms with Gasteiger partial charge in [0, 0.05) is 54.1 Å². The Labute approximate surface area is 220 Å². The maximum absolute atomic E-state index is 13.0. The normalized spacial score (nSPS) is 14.3. The molecule has 3 heterocycles. The van der Waals surface area contributed by atoms with Crippen LogP contribution in [0.25, 0.3) is 10.1 Å². The van der Waals surface area contributed by atoms with Crippen LogP contribution in [0.2, 0.25) is 5.02 Å². The second-order valence-electron chi connectivity index (χ2n) is 8.53. The Kier molecular flexibility index (Phi) is 6.83. The number of aryl methyl sites for hydroxylation is 1. The highest BCUT2D eigenvalue weighted by Crippen LogP contribution is 2.33. The molecule has 1 saturated heterocycles. The Morgan fingerprint density at radius 2 is 1.86 bits per heavy atom. The highest BCUT2D eigenvalue weighted by atomic mass is 35.5. The van der Waals surface area contributed by atoms with Crippen molar-refractivity contribution in [1.82, 2.24) is 14.9 Å². The van der Waals surface area contributed by atoms with E-state index in [0.29, 0.717) is 37.6 Å². The van der Waals surface area contributed by atoms with Crippen molar-refractivity contribution in [2.75, 3.05) is 35.8 Å². The highest BCUT2D eigenvalue weighted by Gasteiger charge is 2.23. The Balaban J connectivity index is 0.00000320. The largest absolute Gasteiger partial charge is 0.368 e. The number of benzene rings is 2. The summed E-state index contributed by atoms with van der Waals surface area (Å²) in [5.74, 6) is 0.331. The molecular weight excluding hydrogens is 518 g/mol. The molecule has 1 N–H and O–H groups in total. The van der Waals surface area contributed by atoms with E-state index in [1.165, 1.54) is 18.6 Å². The Morgan fingerprint density at radius 1 is 1.11 bits per heavy atom. The predicted molar refractivity (Wildman–Crippen MR) is 145 cm³/mol. The van der Waals surface area contributed by atoms with E-state index >= 15 is 0 Å². The van der Waals surface area contributed by atoms with Gasteiger partial charge in [0.15, 0.2) is 0 Å². The molecule has 0 spiro atoms. The number of amides is 1. The summed E-state index contributed by atoms with van der Waals surface area (Å²) in [5, 5.41) is 1.81. The summed E-state index contributed by atoms with van der Waals surface area (Å²) in [5.41, 5.74) is 2.04. The number of hydrogen-bond acceptors (Lipinski definition) is 7. The summed E-state index contributed by atoms with van der Waals surface area (Å²) >= 11 is 7.79. The third kappa shape index (κ3) is 5.16. The van der Waals surface area contributed by atoms with E-state index in [2.05, 4.69) is 19.6 Å². The zero-order valence-corrected chi connectivity index (χ0v) is 21.9. The van der Waals surface area contributed by atoms with Crippen molar-refractivity contribution in [1.29, 1.82) is 0 Å². The summed E-state index contributed by atoms with van der Waals surface area (Å²) in [6, 6.07) is 14.1. The van der Waals surface area contributed by atoms with Crippen molar-refractivity contribution >= 4 is 60.5 Å². The number of hydrogen-bond donors (Lipinski definition) is 1. The van der Waals surface area contributed by atoms with Gasteiger partial charge in [-0.3, -0.25) is 9.52 Å². The van der Waals surface area contributed by atoms with Crippen LogP contribution < -0.4 is 9.62 Å². The van der Waals surface area contributed by atoms with Gasteiger partial charge in [0.1, 0.15) is 12.1 Å². The average Bonchev–Trinajstić information content (AvgIpc) is 3.19. The fraction of sp³-hybridized carbons (Fsp3) is 0.240. The lowest BCUT2D eigenvalue weighted by Crippen LogP contribution is -2.49. The molecule has 0 aliphatic carbocycles. The van der Waals surface area contributed by atoms with E-state index < -0.39 is 10.0 Å². The minimum atomic E-state index is -3.74. The molecule has 4 aromatic rings. The molecule has 0 atom stereocenters. The number of rotatable bonds is 6. The number of carbonyl (C=O) groups is 1. The van der Waals surface area contributed by atoms with Crippen LogP contribution in [0.1, 0.15) is 11.9 Å². The van der Waals surface area contributed by atoms with Gasteiger partial charge in [-0.15, -0.1) is 11.3 Å². The molecule has 1 fully saturated rings. The smallest absolute Gasteiger partial charge is 0.263 e. The number of sulfonamides is 1. The molecule has 0 saturated carbocycles. The number of carbonyl (C=O) groups excluding carboxylic acids is 1. The summed E-state index contributed by atoms with van der Waals surface area (Å²) in [6.07, 6.45) is 3.14. The minimum absolute atomic E-state index is 0. The van der Waals surface area contributed by atoms with Crippen LogP contribution in [0.5, 0.6) is 0 Å². The molecule has 36 heavy (non-hydrogen) atoms. The van der Waals surface area contributed by atoms with Crippen LogP contribution in [0, 0.1) is 6.92 Å². The number of anilines is 2. The van der Waals surface area contributed by atoms with Gasteiger partial charge >= 0.3 is 0 Å². The van der Waals surface area contributed by atoms with Gasteiger partial charge in [0.2, 0.25) is 5.91 Å². The van der Waals surface area contributed by atoms with E-state index in [4.69, 9.17) is 11.6 Å². The molecule has 5 rings (SSSR count). The average molecular weight is 544 g/mol. The predicted octanol–water partition coefficient (Wildman–Crippen LogP) is 4.59. The molecule has 0 unspecified atom stereocenters. The van der Waals surface area contributed by atoms with E-state index in [-0.39, 0.29) is 18.0 Å². The second kappa shape index (κ2) is 10.0. The molecule has 2 aromatic heterocycles. The zero-order valence-electron chi connectivity index (χ0n) is 19.5. The maximum atomic E-state index is 13.0. The fourth-order valence-corrected chi connectivity index (χ4v) is 6.62. The number of thiophene rings is 1. The van der Waals surface area contributed by atoms with Crippen LogP contribution in [-0.2, 0) is 21.2 Å². The fourth-order valence-electron chi connectivity index (χ4n) is 4.26. The first-order valence-corrected chi connectivity index (χ1v) is 14.1. The van der Waals surface area contributed by atoms with E-state index in [1.807, 2.05) is 30.0 Å². The molecule has 188 valence electrons. The molecule has 0 radical (unpaired) electrons. The summed E-state index contributed by atoms with van der Waals surface area (Å²) in [7, 11) is -3.74. The monoisotopic (exact) mass is 543 g/mol. The molecular formula is C25H26ClN5O3S2. The van der Waals surface area contributed by atoms with E-state index in [9.17, 15) is 13.2 Å². The maximum Gasteiger partial charge on any atom is 0.263 e. The van der Waals surface area contributed by atoms with Crippen molar-refractivity contribution in [3.05, 3.63) is 76.5 Å². The number of aromatic nitrogens is 2. The van der Waals surface area contributed by atoms with E-state index in [1.54, 1.807) is 35.6 Å². The van der Waals surface area contributed by atoms with Gasteiger partial charge in [-0.25, -0.2) is 18.4 Å². The second-order valence-corrected chi connectivity index (χ2v) is 11.8. The molecule has 1 aliphatic rings. The lowest BCUT2D eigenvalue weighted by Gasteiger charge is -2.36. The number of fused-ring (bicyclic) bond motifs is 1. The van der Waals surface area contributed by atoms with Crippen molar-refractivity contribution in [2.24, 2.45) is 0 Å². The number of nitrogens with one attached hydrogen (secondary N) is 1. The highest BCUT2D eigenvalue weighted by molar-refractivity contribution is 7.92. The molecule has 8 nitrogen and oxygen atoms in total. The third-order valence-electron chi connectivity index (χ3n) is 6.27. The summed E-state index contributed by atoms with van der Waals surface area (Å²) in [4.78, 5) is 26.0. The lowest BCUT2D eigenvalue weighted by atomic mass is 10.1. The van der Waals surface area contributed by atoms with Gasteiger partial charge in [0.25, 0.3) is 10.0 Å². The van der Waals surface area contributed by atoms with Crippen LogP contribution in [0.4, 0.5) is 11.5 Å². The van der Waals surface area contributed by atoms with Crippen molar-refractivity contribution in [3.8, 4) is 0 Å². The van der Waals surface area contributed by atoms with Crippen molar-refractivity contribution < 1.29 is 14.6 Å². The first-order valence-electron chi connectivity index (χ1n) is 11.4. The number of piperazine rings is 1. The molecule has 1 aliphatic heterocycles. The zero-order chi connectivity index (χ0) is 25.3. The Bertz CT molecular complexity index is 1510. The van der Waals surface area contributed by atoms with Gasteiger partial charge in [0.05, 0.1) is 11.3 Å². The Morgan fingerprint density at radius 3 is 2.56 bits per heavy atom. The van der Waals surface area contributed by atoms with Gasteiger partial charge in [-0.05, 0) is 66.4 Å². The summed E-state index contributed by atoms with van der Waals surface area (Å²) < 4.78 is 28.8. The number of nitrogens with zero attached hydrogens (tertiary/aromatic N) is 4. The molecule has 2 aromatic carbocycles. The van der Waals surface area contributed by atoms with Crippen LogP contribution in [-0.4, -0.2) is 55.4 Å². The van der Waals surface area contributed by atoms with Crippen molar-refractivity contribution in [3.63, 3.8) is 0 Å². The molecule has 0 bridgehead atoms. The third-order valence-corrected chi connectivity index (χ3v) is 9.15. The van der Waals surface area contributed by atoms with Gasteiger partial charge < -0.3 is 9.80 Å². The van der Waals surface area contributed by atoms with Crippen LogP contribution in [0.3, 0.4) is 0 Å². The van der Waals surface area contributed by atoms with Crippen LogP contribution in [0.15, 0.2) is 66.0 Å². The summed E-state index contributed by atoms with van der Waals surface area (Å²) in [6.45, 7) is 4.63. The van der Waals surface area contributed by atoms with Crippen LogP contribution >= 0.6 is 22.9 Å². The first kappa shape index (κ1) is 24.5.